The van der Waals surface area contributed by atoms with E-state index in [4.69, 9.17) is 0 Å². The molecule has 0 atom stereocenters. The molecule has 0 saturated carbocycles. The van der Waals surface area contributed by atoms with E-state index in [0.717, 1.165) is 44.1 Å². The van der Waals surface area contributed by atoms with Crippen molar-refractivity contribution in [3.63, 3.8) is 0 Å². The number of nitrogens with one attached hydrogen (secondary N) is 1. The van der Waals surface area contributed by atoms with Crippen LogP contribution in [0.4, 0.5) is 0 Å². The molecular formula is C18H31N5. The zero-order chi connectivity index (χ0) is 16.8. The predicted octanol–water partition coefficient (Wildman–Crippen LogP) is 3.61. The molecule has 0 fully saturated rings. The molecule has 0 aliphatic heterocycles. The summed E-state index contributed by atoms with van der Waals surface area (Å²) in [4.78, 5) is 10.4. The fraction of sp³-hybridized carbons (Fsp3) is 0.667. The third kappa shape index (κ3) is 4.44. The maximum atomic E-state index is 4.63. The van der Waals surface area contributed by atoms with Gasteiger partial charge in [-0.25, -0.2) is 4.98 Å². The van der Waals surface area contributed by atoms with Crippen molar-refractivity contribution >= 4 is 0 Å². The smallest absolute Gasteiger partial charge is 0.106 e. The van der Waals surface area contributed by atoms with E-state index < -0.39 is 0 Å². The first-order valence-electron chi connectivity index (χ1n) is 8.86. The van der Waals surface area contributed by atoms with Crippen molar-refractivity contribution in [3.8, 4) is 0 Å². The average Bonchev–Trinajstić information content (AvgIpc) is 3.10. The minimum atomic E-state index is 0.909. The molecule has 2 aromatic rings. The first kappa shape index (κ1) is 17.7. The maximum Gasteiger partial charge on any atom is 0.106 e. The number of aryl methyl sites for hydroxylation is 3. The highest BCUT2D eigenvalue weighted by Crippen LogP contribution is 2.17. The van der Waals surface area contributed by atoms with Crippen molar-refractivity contribution in [3.05, 3.63) is 34.7 Å². The molecule has 5 heteroatoms. The van der Waals surface area contributed by atoms with Gasteiger partial charge in [0.05, 0.1) is 5.69 Å². The van der Waals surface area contributed by atoms with Crippen LogP contribution in [0.2, 0.25) is 0 Å². The van der Waals surface area contributed by atoms with Crippen LogP contribution in [0.25, 0.3) is 0 Å². The van der Waals surface area contributed by atoms with Gasteiger partial charge < -0.3 is 4.98 Å². The largest absolute Gasteiger partial charge is 0.345 e. The van der Waals surface area contributed by atoms with Gasteiger partial charge >= 0.3 is 0 Å². The number of aromatic nitrogens is 4. The highest BCUT2D eigenvalue weighted by Gasteiger charge is 2.15. The van der Waals surface area contributed by atoms with E-state index in [2.05, 4.69) is 59.3 Å². The van der Waals surface area contributed by atoms with Crippen molar-refractivity contribution in [1.82, 2.24) is 24.6 Å². The summed E-state index contributed by atoms with van der Waals surface area (Å²) < 4.78 is 2.09. The van der Waals surface area contributed by atoms with Crippen LogP contribution in [0.3, 0.4) is 0 Å². The van der Waals surface area contributed by atoms with Crippen molar-refractivity contribution in [2.45, 2.75) is 73.5 Å². The van der Waals surface area contributed by atoms with E-state index in [0.29, 0.717) is 0 Å². The zero-order valence-corrected chi connectivity index (χ0v) is 15.3. The molecule has 128 valence electrons. The Bertz CT molecular complexity index is 611. The van der Waals surface area contributed by atoms with Gasteiger partial charge in [-0.05, 0) is 33.7 Å². The summed E-state index contributed by atoms with van der Waals surface area (Å²) in [6.45, 7) is 14.6. The standard InChI is InChI=1S/C18H31N5/c1-6-9-10-18-19-11-16(20-18)12-22(7-2)13-17-14(4)21-23(8-3)15(17)5/h11H,6-10,12-13H2,1-5H3,(H,19,20). The van der Waals surface area contributed by atoms with Gasteiger partial charge in [-0.3, -0.25) is 9.58 Å². The van der Waals surface area contributed by atoms with Crippen LogP contribution in [-0.4, -0.2) is 31.2 Å². The van der Waals surface area contributed by atoms with Gasteiger partial charge in [0.2, 0.25) is 0 Å². The molecule has 0 bridgehead atoms. The quantitative estimate of drug-likeness (QED) is 0.768. The summed E-state index contributed by atoms with van der Waals surface area (Å²) in [6, 6.07) is 0. The third-order valence-electron chi connectivity index (χ3n) is 4.50. The minimum Gasteiger partial charge on any atom is -0.345 e. The number of imidazole rings is 1. The lowest BCUT2D eigenvalue weighted by Crippen LogP contribution is -2.23. The van der Waals surface area contributed by atoms with Crippen LogP contribution >= 0.6 is 0 Å². The van der Waals surface area contributed by atoms with E-state index in [1.54, 1.807) is 0 Å². The second kappa shape index (κ2) is 8.29. The summed E-state index contributed by atoms with van der Waals surface area (Å²) in [5.74, 6) is 1.11. The number of rotatable bonds is 9. The van der Waals surface area contributed by atoms with Gasteiger partial charge in [-0.15, -0.1) is 0 Å². The van der Waals surface area contributed by atoms with Gasteiger partial charge in [0.15, 0.2) is 0 Å². The summed E-state index contributed by atoms with van der Waals surface area (Å²) in [5.41, 5.74) is 5.00. The molecule has 0 aromatic carbocycles. The number of hydrogen-bond donors (Lipinski definition) is 1. The van der Waals surface area contributed by atoms with Crippen LogP contribution in [0.1, 0.15) is 62.1 Å². The van der Waals surface area contributed by atoms with Crippen LogP contribution < -0.4 is 0 Å². The zero-order valence-electron chi connectivity index (χ0n) is 15.3. The van der Waals surface area contributed by atoms with Gasteiger partial charge in [-0.2, -0.15) is 5.10 Å². The highest BCUT2D eigenvalue weighted by molar-refractivity contribution is 5.24. The number of unbranched alkanes of at least 4 members (excludes halogenated alkanes) is 1. The Hall–Kier alpha value is -1.62. The molecule has 0 saturated heterocycles. The molecule has 0 amide bonds. The summed E-state index contributed by atoms with van der Waals surface area (Å²) >= 11 is 0. The molecule has 2 rings (SSSR count). The molecular weight excluding hydrogens is 286 g/mol. The monoisotopic (exact) mass is 317 g/mol. The molecule has 0 unspecified atom stereocenters. The number of nitrogens with zero attached hydrogens (tertiary/aromatic N) is 4. The Morgan fingerprint density at radius 3 is 2.57 bits per heavy atom. The fourth-order valence-corrected chi connectivity index (χ4v) is 2.97. The first-order valence-corrected chi connectivity index (χ1v) is 8.86. The summed E-state index contributed by atoms with van der Waals surface area (Å²) in [7, 11) is 0. The highest BCUT2D eigenvalue weighted by atomic mass is 15.3. The van der Waals surface area contributed by atoms with E-state index >= 15 is 0 Å². The Morgan fingerprint density at radius 1 is 1.17 bits per heavy atom. The van der Waals surface area contributed by atoms with E-state index in [-0.39, 0.29) is 0 Å². The molecule has 0 aliphatic rings. The topological polar surface area (TPSA) is 49.7 Å². The SMILES string of the molecule is CCCCc1ncc(CN(CC)Cc2c(C)nn(CC)c2C)[nH]1. The van der Waals surface area contributed by atoms with Crippen molar-refractivity contribution in [2.75, 3.05) is 6.54 Å². The lowest BCUT2D eigenvalue weighted by molar-refractivity contribution is 0.267. The third-order valence-corrected chi connectivity index (χ3v) is 4.50. The lowest BCUT2D eigenvalue weighted by atomic mass is 10.2. The van der Waals surface area contributed by atoms with Gasteiger partial charge in [0, 0.05) is 49.2 Å². The Morgan fingerprint density at radius 2 is 1.96 bits per heavy atom. The molecule has 1 N–H and O–H groups in total. The van der Waals surface area contributed by atoms with E-state index in [9.17, 15) is 0 Å². The first-order chi connectivity index (χ1) is 11.1. The number of hydrogen-bond acceptors (Lipinski definition) is 3. The Labute approximate surface area is 140 Å². The van der Waals surface area contributed by atoms with Crippen LogP contribution in [-0.2, 0) is 26.1 Å². The van der Waals surface area contributed by atoms with Crippen LogP contribution in [0, 0.1) is 13.8 Å². The minimum absolute atomic E-state index is 0.909. The molecule has 23 heavy (non-hydrogen) atoms. The van der Waals surface area contributed by atoms with Gasteiger partial charge in [0.1, 0.15) is 5.82 Å². The van der Waals surface area contributed by atoms with Crippen LogP contribution in [0.15, 0.2) is 6.20 Å². The normalized spacial score (nSPS) is 11.6. The molecule has 5 nitrogen and oxygen atoms in total. The van der Waals surface area contributed by atoms with Crippen molar-refractivity contribution in [1.29, 1.82) is 0 Å². The predicted molar refractivity (Wildman–Crippen MR) is 94.4 cm³/mol. The molecule has 0 radical (unpaired) electrons. The molecule has 2 aromatic heterocycles. The van der Waals surface area contributed by atoms with Gasteiger partial charge in [-0.1, -0.05) is 20.3 Å². The number of H-pyrrole nitrogens is 1. The van der Waals surface area contributed by atoms with E-state index in [1.165, 1.54) is 29.8 Å². The lowest BCUT2D eigenvalue weighted by Gasteiger charge is -2.20. The van der Waals surface area contributed by atoms with Crippen molar-refractivity contribution in [2.24, 2.45) is 0 Å². The van der Waals surface area contributed by atoms with Crippen molar-refractivity contribution < 1.29 is 0 Å². The fourth-order valence-electron chi connectivity index (χ4n) is 2.97. The number of aromatic amines is 1. The molecule has 2 heterocycles. The Balaban J connectivity index is 2.03. The maximum absolute atomic E-state index is 4.63. The van der Waals surface area contributed by atoms with Crippen LogP contribution in [0.5, 0.6) is 0 Å². The molecule has 0 spiro atoms. The van der Waals surface area contributed by atoms with Gasteiger partial charge in [0.25, 0.3) is 0 Å². The summed E-state index contributed by atoms with van der Waals surface area (Å²) in [6.07, 6.45) is 5.43. The Kier molecular flexibility index (Phi) is 6.39. The second-order valence-corrected chi connectivity index (χ2v) is 6.23. The summed E-state index contributed by atoms with van der Waals surface area (Å²) in [5, 5.41) is 4.63. The molecule has 0 aliphatic carbocycles. The van der Waals surface area contributed by atoms with E-state index in [1.807, 2.05) is 6.20 Å². The second-order valence-electron chi connectivity index (χ2n) is 6.23. The average molecular weight is 317 g/mol.